The summed E-state index contributed by atoms with van der Waals surface area (Å²) in [5.41, 5.74) is 21.6. The quantitative estimate of drug-likeness (QED) is 0.203. The van der Waals surface area contributed by atoms with Crippen LogP contribution in [0.4, 0.5) is 0 Å². The van der Waals surface area contributed by atoms with Crippen LogP contribution in [0.15, 0.2) is 115 Å². The molecule has 0 saturated carbocycles. The van der Waals surface area contributed by atoms with Gasteiger partial charge in [0, 0.05) is 17.2 Å². The van der Waals surface area contributed by atoms with Crippen LogP contribution in [0, 0.1) is 41.5 Å². The number of hydrogen-bond donors (Lipinski definition) is 0. The van der Waals surface area contributed by atoms with Crippen LogP contribution in [0.2, 0.25) is 0 Å². The van der Waals surface area contributed by atoms with Crippen LogP contribution in [0.5, 0.6) is 0 Å². The first-order valence-corrected chi connectivity index (χ1v) is 16.2. The lowest BCUT2D eigenvalue weighted by Gasteiger charge is -2.34. The zero-order valence-corrected chi connectivity index (χ0v) is 27.6. The summed E-state index contributed by atoms with van der Waals surface area (Å²) >= 11 is 0. The third kappa shape index (κ3) is 4.86. The van der Waals surface area contributed by atoms with Gasteiger partial charge in [0.2, 0.25) is 19.1 Å². The van der Waals surface area contributed by atoms with E-state index in [4.69, 9.17) is 0 Å². The molecule has 0 N–H and O–H groups in total. The minimum absolute atomic E-state index is 0.161. The van der Waals surface area contributed by atoms with Crippen LogP contribution < -0.4 is 37.3 Å². The number of hydrogen-bond acceptors (Lipinski definition) is 0. The molecule has 1 nitrogen and oxygen atoms in total. The average molecular weight is 580 g/mol. The standard InChI is InChI=1S/C42H40B2N/c1-27-14-8-9-19-34(27)40-25-35(32(6)26-45(40)7)33-22-23-38-39(24-33)44(42-30(4)17-13-18-31(42)5)37-21-11-10-20-36(37)43(38)41-28(2)15-12-16-29(41)3/h8-26H,1-7H3/q+1. The monoisotopic (exact) mass is 580 g/mol. The minimum Gasteiger partial charge on any atom is -0.201 e. The molecule has 0 unspecified atom stereocenters. The van der Waals surface area contributed by atoms with E-state index in [0.717, 1.165) is 0 Å². The first-order valence-electron chi connectivity index (χ1n) is 16.2. The summed E-state index contributed by atoms with van der Waals surface area (Å²) in [5, 5.41) is 0. The van der Waals surface area contributed by atoms with E-state index in [1.165, 1.54) is 88.5 Å². The average Bonchev–Trinajstić information content (AvgIpc) is 3.02. The summed E-state index contributed by atoms with van der Waals surface area (Å²) in [6.45, 7) is 13.9. The second-order valence-corrected chi connectivity index (χ2v) is 13.1. The molecule has 0 aliphatic carbocycles. The molecule has 6 aromatic rings. The van der Waals surface area contributed by atoms with Crippen molar-refractivity contribution in [2.45, 2.75) is 41.5 Å². The van der Waals surface area contributed by atoms with E-state index in [-0.39, 0.29) is 13.4 Å². The van der Waals surface area contributed by atoms with E-state index in [1.54, 1.807) is 0 Å². The zero-order chi connectivity index (χ0) is 31.4. The van der Waals surface area contributed by atoms with Gasteiger partial charge in [-0.25, -0.2) is 4.57 Å². The van der Waals surface area contributed by atoms with Gasteiger partial charge in [-0.1, -0.05) is 152 Å². The van der Waals surface area contributed by atoms with Crippen LogP contribution in [0.1, 0.15) is 33.4 Å². The highest BCUT2D eigenvalue weighted by Crippen LogP contribution is 2.28. The van der Waals surface area contributed by atoms with Crippen molar-refractivity contribution in [3.05, 3.63) is 149 Å². The van der Waals surface area contributed by atoms with E-state index >= 15 is 0 Å². The zero-order valence-electron chi connectivity index (χ0n) is 27.6. The molecule has 0 saturated heterocycles. The summed E-state index contributed by atoms with van der Waals surface area (Å²) in [7, 11) is 2.16. The molecule has 7 rings (SSSR count). The van der Waals surface area contributed by atoms with Crippen molar-refractivity contribution in [2.24, 2.45) is 7.05 Å². The molecule has 0 atom stereocenters. The van der Waals surface area contributed by atoms with Gasteiger partial charge in [-0.3, -0.25) is 0 Å². The number of fused-ring (bicyclic) bond motifs is 2. The summed E-state index contributed by atoms with van der Waals surface area (Å²) in [6.07, 6.45) is 2.29. The van der Waals surface area contributed by atoms with Crippen molar-refractivity contribution < 1.29 is 4.57 Å². The number of nitrogens with zero attached hydrogens (tertiary/aromatic N) is 1. The van der Waals surface area contributed by atoms with Gasteiger partial charge >= 0.3 is 0 Å². The summed E-state index contributed by atoms with van der Waals surface area (Å²) in [6, 6.07) is 41.1. The van der Waals surface area contributed by atoms with Gasteiger partial charge < -0.3 is 0 Å². The normalized spacial score (nSPS) is 12.2. The highest BCUT2D eigenvalue weighted by atomic mass is 14.9. The van der Waals surface area contributed by atoms with Crippen molar-refractivity contribution in [1.29, 1.82) is 0 Å². The smallest absolute Gasteiger partial charge is 0.201 e. The van der Waals surface area contributed by atoms with E-state index in [1.807, 2.05) is 0 Å². The van der Waals surface area contributed by atoms with Gasteiger partial charge in [-0.15, -0.1) is 0 Å². The predicted octanol–water partition coefficient (Wildman–Crippen LogP) is 5.04. The molecule has 1 aliphatic heterocycles. The Bertz CT molecular complexity index is 2070. The lowest BCUT2D eigenvalue weighted by molar-refractivity contribution is -0.660. The molecular formula is C42H40B2N+. The van der Waals surface area contributed by atoms with Crippen LogP contribution in [0.3, 0.4) is 0 Å². The minimum atomic E-state index is 0.161. The fourth-order valence-electron chi connectivity index (χ4n) is 8.04. The number of rotatable bonds is 4. The van der Waals surface area contributed by atoms with Crippen LogP contribution >= 0.6 is 0 Å². The molecule has 3 heteroatoms. The molecule has 0 radical (unpaired) electrons. The number of aromatic nitrogens is 1. The third-order valence-corrected chi connectivity index (χ3v) is 10.2. The molecule has 0 amide bonds. The second-order valence-electron chi connectivity index (χ2n) is 13.1. The van der Waals surface area contributed by atoms with E-state index in [2.05, 4.69) is 169 Å². The highest BCUT2D eigenvalue weighted by Gasteiger charge is 2.40. The summed E-state index contributed by atoms with van der Waals surface area (Å²) in [5.74, 6) is 0. The SMILES string of the molecule is Cc1c[n+](C)c(-c2ccccc2C)cc1-c1ccc2c(c1)B(c1c(C)cccc1C)c1ccccc1B2c1c(C)cccc1C. The van der Waals surface area contributed by atoms with Crippen molar-refractivity contribution in [3.63, 3.8) is 0 Å². The Balaban J connectivity index is 1.52. The van der Waals surface area contributed by atoms with Crippen molar-refractivity contribution in [1.82, 2.24) is 0 Å². The lowest BCUT2D eigenvalue weighted by Crippen LogP contribution is -2.75. The molecule has 5 aromatic carbocycles. The largest absolute Gasteiger partial charge is 0.240 e. The molecule has 2 heterocycles. The Hall–Kier alpha value is -4.62. The van der Waals surface area contributed by atoms with E-state index in [0.29, 0.717) is 0 Å². The summed E-state index contributed by atoms with van der Waals surface area (Å²) in [4.78, 5) is 0. The van der Waals surface area contributed by atoms with E-state index in [9.17, 15) is 0 Å². The molecular weight excluding hydrogens is 540 g/mol. The van der Waals surface area contributed by atoms with Gasteiger partial charge in [-0.2, -0.15) is 0 Å². The van der Waals surface area contributed by atoms with E-state index < -0.39 is 0 Å². The van der Waals surface area contributed by atoms with Crippen LogP contribution in [0.25, 0.3) is 22.4 Å². The first-order chi connectivity index (χ1) is 21.7. The molecule has 1 aliphatic rings. The topological polar surface area (TPSA) is 3.88 Å². The molecule has 0 bridgehead atoms. The van der Waals surface area contributed by atoms with Crippen LogP contribution in [-0.2, 0) is 7.05 Å². The molecule has 45 heavy (non-hydrogen) atoms. The van der Waals surface area contributed by atoms with Gasteiger partial charge in [-0.05, 0) is 64.3 Å². The number of aryl methyl sites for hydroxylation is 7. The molecule has 218 valence electrons. The van der Waals surface area contributed by atoms with Crippen molar-refractivity contribution >= 4 is 46.2 Å². The van der Waals surface area contributed by atoms with Gasteiger partial charge in [0.05, 0.1) is 0 Å². The highest BCUT2D eigenvalue weighted by molar-refractivity contribution is 7.11. The Labute approximate surface area is 269 Å². The molecule has 0 fully saturated rings. The maximum absolute atomic E-state index is 2.52. The predicted molar refractivity (Wildman–Crippen MR) is 196 cm³/mol. The number of benzene rings is 5. The maximum atomic E-state index is 2.52. The maximum Gasteiger partial charge on any atom is 0.240 e. The van der Waals surface area contributed by atoms with Crippen molar-refractivity contribution in [3.8, 4) is 22.4 Å². The third-order valence-electron chi connectivity index (χ3n) is 10.2. The Kier molecular flexibility index (Phi) is 7.36. The molecule has 0 spiro atoms. The fourth-order valence-corrected chi connectivity index (χ4v) is 8.04. The first kappa shape index (κ1) is 29.1. The Morgan fingerprint density at radius 2 is 0.911 bits per heavy atom. The Morgan fingerprint density at radius 3 is 1.49 bits per heavy atom. The second kappa shape index (κ2) is 11.4. The fraction of sp³-hybridized carbons (Fsp3) is 0.167. The Morgan fingerprint density at radius 1 is 0.422 bits per heavy atom. The van der Waals surface area contributed by atoms with Crippen molar-refractivity contribution in [2.75, 3.05) is 0 Å². The molecule has 1 aromatic heterocycles. The van der Waals surface area contributed by atoms with Gasteiger partial charge in [0.25, 0.3) is 0 Å². The lowest BCUT2D eigenvalue weighted by atomic mass is 9.20. The van der Waals surface area contributed by atoms with Crippen LogP contribution in [-0.4, -0.2) is 13.4 Å². The van der Waals surface area contributed by atoms with Gasteiger partial charge in [0.1, 0.15) is 7.05 Å². The summed E-state index contributed by atoms with van der Waals surface area (Å²) < 4.78 is 2.27. The number of pyridine rings is 1. The van der Waals surface area contributed by atoms with Gasteiger partial charge in [0.15, 0.2) is 6.20 Å².